The number of non-ortho nitro benzene ring substituents is 1. The highest BCUT2D eigenvalue weighted by Gasteiger charge is 2.43. The SMILES string of the molecule is O=[N+]([O-])c1ccc(N2CC(F)(F)C2)cc1. The Balaban J connectivity index is 2.09. The molecule has 0 radical (unpaired) electrons. The normalized spacial score (nSPS) is 18.4. The Kier molecular flexibility index (Phi) is 2.06. The number of hydrogen-bond donors (Lipinski definition) is 0. The summed E-state index contributed by atoms with van der Waals surface area (Å²) >= 11 is 0. The Hall–Kier alpha value is -1.72. The van der Waals surface area contributed by atoms with Crippen molar-refractivity contribution in [1.82, 2.24) is 0 Å². The Morgan fingerprint density at radius 1 is 1.27 bits per heavy atom. The Bertz CT molecular complexity index is 384. The van der Waals surface area contributed by atoms with E-state index in [9.17, 15) is 18.9 Å². The largest absolute Gasteiger partial charge is 0.359 e. The van der Waals surface area contributed by atoms with Crippen LogP contribution in [-0.4, -0.2) is 23.9 Å². The minimum absolute atomic E-state index is 0.0361. The van der Waals surface area contributed by atoms with E-state index in [1.807, 2.05) is 0 Å². The lowest BCUT2D eigenvalue weighted by molar-refractivity contribution is -0.384. The monoisotopic (exact) mass is 214 g/mol. The van der Waals surface area contributed by atoms with Crippen LogP contribution < -0.4 is 4.90 Å². The number of halogens is 2. The molecule has 1 saturated heterocycles. The molecular formula is C9H8F2N2O2. The van der Waals surface area contributed by atoms with Crippen molar-refractivity contribution < 1.29 is 13.7 Å². The molecule has 0 aliphatic carbocycles. The highest BCUT2D eigenvalue weighted by Crippen LogP contribution is 2.32. The van der Waals surface area contributed by atoms with Crippen molar-refractivity contribution in [3.63, 3.8) is 0 Å². The molecular weight excluding hydrogens is 206 g/mol. The van der Waals surface area contributed by atoms with Crippen molar-refractivity contribution in [2.75, 3.05) is 18.0 Å². The molecule has 0 saturated carbocycles. The van der Waals surface area contributed by atoms with Gasteiger partial charge in [-0.2, -0.15) is 0 Å². The van der Waals surface area contributed by atoms with Crippen molar-refractivity contribution in [3.05, 3.63) is 34.4 Å². The van der Waals surface area contributed by atoms with Gasteiger partial charge in [0.05, 0.1) is 18.0 Å². The molecule has 1 aromatic rings. The van der Waals surface area contributed by atoms with Crippen LogP contribution in [0.4, 0.5) is 20.2 Å². The fourth-order valence-corrected chi connectivity index (χ4v) is 1.48. The van der Waals surface area contributed by atoms with Crippen LogP contribution in [0, 0.1) is 10.1 Å². The zero-order valence-electron chi connectivity index (χ0n) is 7.69. The van der Waals surface area contributed by atoms with E-state index in [2.05, 4.69) is 0 Å². The number of nitrogens with zero attached hydrogens (tertiary/aromatic N) is 2. The molecule has 0 spiro atoms. The highest BCUT2D eigenvalue weighted by atomic mass is 19.3. The van der Waals surface area contributed by atoms with E-state index in [0.29, 0.717) is 5.69 Å². The first-order chi connectivity index (χ1) is 6.98. The number of nitro benzene ring substituents is 1. The quantitative estimate of drug-likeness (QED) is 0.559. The molecule has 4 nitrogen and oxygen atoms in total. The van der Waals surface area contributed by atoms with Crippen molar-refractivity contribution in [2.24, 2.45) is 0 Å². The van der Waals surface area contributed by atoms with Gasteiger partial charge >= 0.3 is 0 Å². The van der Waals surface area contributed by atoms with Gasteiger partial charge in [0.1, 0.15) is 0 Å². The summed E-state index contributed by atoms with van der Waals surface area (Å²) in [5.74, 6) is -2.62. The summed E-state index contributed by atoms with van der Waals surface area (Å²) in [6.45, 7) is -0.629. The lowest BCUT2D eigenvalue weighted by Gasteiger charge is -2.40. The van der Waals surface area contributed by atoms with Crippen LogP contribution in [-0.2, 0) is 0 Å². The standard InChI is InChI=1S/C9H8F2N2O2/c10-9(11)5-12(6-9)7-1-3-8(4-2-7)13(14)15/h1-4H,5-6H2. The molecule has 1 fully saturated rings. The molecule has 80 valence electrons. The number of rotatable bonds is 2. The summed E-state index contributed by atoms with van der Waals surface area (Å²) in [7, 11) is 0. The smallest absolute Gasteiger partial charge is 0.282 e. The first-order valence-corrected chi connectivity index (χ1v) is 4.35. The van der Waals surface area contributed by atoms with Gasteiger partial charge in [0.2, 0.25) is 0 Å². The third-order valence-electron chi connectivity index (χ3n) is 2.27. The molecule has 1 aliphatic rings. The molecule has 6 heteroatoms. The van der Waals surface area contributed by atoms with Crippen molar-refractivity contribution >= 4 is 11.4 Å². The highest BCUT2D eigenvalue weighted by molar-refractivity contribution is 5.53. The Morgan fingerprint density at radius 3 is 2.20 bits per heavy atom. The predicted octanol–water partition coefficient (Wildman–Crippen LogP) is 2.05. The maximum absolute atomic E-state index is 12.5. The minimum Gasteiger partial charge on any atom is -0.359 e. The molecule has 1 heterocycles. The number of benzene rings is 1. The van der Waals surface area contributed by atoms with E-state index < -0.39 is 10.8 Å². The molecule has 0 N–H and O–H groups in total. The van der Waals surface area contributed by atoms with Gasteiger partial charge < -0.3 is 4.90 Å². The topological polar surface area (TPSA) is 46.4 Å². The van der Waals surface area contributed by atoms with Crippen molar-refractivity contribution in [3.8, 4) is 0 Å². The molecule has 0 bridgehead atoms. The number of hydrogen-bond acceptors (Lipinski definition) is 3. The summed E-state index contributed by atoms with van der Waals surface area (Å²) in [6, 6.07) is 5.58. The van der Waals surface area contributed by atoms with Gasteiger partial charge in [-0.1, -0.05) is 0 Å². The molecule has 15 heavy (non-hydrogen) atoms. The van der Waals surface area contributed by atoms with E-state index in [-0.39, 0.29) is 18.8 Å². The van der Waals surface area contributed by atoms with E-state index in [1.165, 1.54) is 29.2 Å². The van der Waals surface area contributed by atoms with E-state index in [4.69, 9.17) is 0 Å². The third kappa shape index (κ3) is 1.88. The van der Waals surface area contributed by atoms with Gasteiger partial charge in [-0.05, 0) is 12.1 Å². The molecule has 2 rings (SSSR count). The minimum atomic E-state index is -2.62. The second-order valence-corrected chi connectivity index (χ2v) is 3.49. The van der Waals surface area contributed by atoms with E-state index in [0.717, 1.165) is 0 Å². The number of nitro groups is 1. The fourth-order valence-electron chi connectivity index (χ4n) is 1.48. The molecule has 0 unspecified atom stereocenters. The summed E-state index contributed by atoms with van der Waals surface area (Å²) in [6.07, 6.45) is 0. The van der Waals surface area contributed by atoms with Crippen LogP contribution in [0.5, 0.6) is 0 Å². The van der Waals surface area contributed by atoms with Crippen LogP contribution in [0.15, 0.2) is 24.3 Å². The van der Waals surface area contributed by atoms with Gasteiger partial charge in [-0.25, -0.2) is 8.78 Å². The lowest BCUT2D eigenvalue weighted by Crippen LogP contribution is -2.56. The Labute approximate surface area is 84.3 Å². The summed E-state index contributed by atoms with van der Waals surface area (Å²) in [5.41, 5.74) is 0.553. The lowest BCUT2D eigenvalue weighted by atomic mass is 10.1. The van der Waals surface area contributed by atoms with Gasteiger partial charge in [-0.15, -0.1) is 0 Å². The first kappa shape index (κ1) is 9.82. The van der Waals surface area contributed by atoms with Gasteiger partial charge in [0, 0.05) is 17.8 Å². The van der Waals surface area contributed by atoms with Crippen LogP contribution >= 0.6 is 0 Å². The van der Waals surface area contributed by atoms with E-state index >= 15 is 0 Å². The first-order valence-electron chi connectivity index (χ1n) is 4.35. The molecule has 0 amide bonds. The summed E-state index contributed by atoms with van der Waals surface area (Å²) in [4.78, 5) is 11.3. The molecule has 0 atom stereocenters. The Morgan fingerprint density at radius 2 is 1.80 bits per heavy atom. The third-order valence-corrected chi connectivity index (χ3v) is 2.27. The van der Waals surface area contributed by atoms with Gasteiger partial charge in [-0.3, -0.25) is 10.1 Å². The number of alkyl halides is 2. The van der Waals surface area contributed by atoms with Crippen molar-refractivity contribution in [2.45, 2.75) is 5.92 Å². The summed E-state index contributed by atoms with van der Waals surface area (Å²) in [5, 5.41) is 10.3. The zero-order valence-corrected chi connectivity index (χ0v) is 7.69. The second kappa shape index (κ2) is 3.15. The molecule has 1 aromatic carbocycles. The van der Waals surface area contributed by atoms with E-state index in [1.54, 1.807) is 0 Å². The predicted molar refractivity (Wildman–Crippen MR) is 50.3 cm³/mol. The average molecular weight is 214 g/mol. The maximum atomic E-state index is 12.5. The molecule has 0 aromatic heterocycles. The maximum Gasteiger partial charge on any atom is 0.282 e. The van der Waals surface area contributed by atoms with Gasteiger partial charge in [0.15, 0.2) is 0 Å². The van der Waals surface area contributed by atoms with Gasteiger partial charge in [0.25, 0.3) is 11.6 Å². The number of anilines is 1. The second-order valence-electron chi connectivity index (χ2n) is 3.49. The average Bonchev–Trinajstić information content (AvgIpc) is 2.14. The fraction of sp³-hybridized carbons (Fsp3) is 0.333. The summed E-state index contributed by atoms with van der Waals surface area (Å²) < 4.78 is 25.1. The molecule has 1 aliphatic heterocycles. The van der Waals surface area contributed by atoms with Crippen LogP contribution in [0.25, 0.3) is 0 Å². The van der Waals surface area contributed by atoms with Crippen LogP contribution in [0.3, 0.4) is 0 Å². The zero-order chi connectivity index (χ0) is 11.1. The van der Waals surface area contributed by atoms with Crippen LogP contribution in [0.2, 0.25) is 0 Å². The van der Waals surface area contributed by atoms with Crippen molar-refractivity contribution in [1.29, 1.82) is 0 Å². The van der Waals surface area contributed by atoms with Crippen LogP contribution in [0.1, 0.15) is 0 Å².